The first-order chi connectivity index (χ1) is 6.95. The Kier molecular flexibility index (Phi) is 7.39. The van der Waals surface area contributed by atoms with Crippen molar-refractivity contribution in [2.75, 3.05) is 13.2 Å². The molecule has 1 N–H and O–H groups in total. The highest BCUT2D eigenvalue weighted by molar-refractivity contribution is 5.65. The van der Waals surface area contributed by atoms with Gasteiger partial charge in [0.05, 0.1) is 6.61 Å². The Bertz CT molecular complexity index is 180. The van der Waals surface area contributed by atoms with Crippen LogP contribution in [-0.4, -0.2) is 24.3 Å². The van der Waals surface area contributed by atoms with E-state index >= 15 is 0 Å². The predicted octanol–water partition coefficient (Wildman–Crippen LogP) is 2.23. The van der Waals surface area contributed by atoms with Crippen molar-refractivity contribution in [2.45, 2.75) is 40.5 Å². The summed E-state index contributed by atoms with van der Waals surface area (Å²) < 4.78 is 4.95. The summed E-state index contributed by atoms with van der Waals surface area (Å²) in [6.45, 7) is 8.51. The molecule has 3 heteroatoms. The number of aliphatic hydroxyl groups excluding tert-OH is 1. The molecule has 90 valence electrons. The molecule has 3 atom stereocenters. The van der Waals surface area contributed by atoms with Crippen molar-refractivity contribution in [3.8, 4) is 0 Å². The number of aliphatic hydroxyl groups is 1. The topological polar surface area (TPSA) is 46.5 Å². The molecular formula is C12H24O3. The van der Waals surface area contributed by atoms with Crippen LogP contribution in [0.25, 0.3) is 0 Å². The van der Waals surface area contributed by atoms with E-state index in [1.807, 2.05) is 6.92 Å². The van der Waals surface area contributed by atoms with Crippen molar-refractivity contribution < 1.29 is 14.6 Å². The molecule has 15 heavy (non-hydrogen) atoms. The van der Waals surface area contributed by atoms with E-state index in [9.17, 15) is 4.79 Å². The number of hydrogen-bond donors (Lipinski definition) is 1. The fourth-order valence-electron chi connectivity index (χ4n) is 1.87. The standard InChI is InChI=1S/C12H24O3/c1-9(5-10(2)7-13)6-11(3)8-15-12(4)14/h9-11,13H,5-8H2,1-4H3/t9-,10+,11+/m1/s1. The molecule has 0 heterocycles. The molecule has 0 amide bonds. The van der Waals surface area contributed by atoms with Gasteiger partial charge in [-0.05, 0) is 30.6 Å². The fraction of sp³-hybridized carbons (Fsp3) is 0.917. The van der Waals surface area contributed by atoms with Crippen molar-refractivity contribution in [3.05, 3.63) is 0 Å². The summed E-state index contributed by atoms with van der Waals surface area (Å²) >= 11 is 0. The monoisotopic (exact) mass is 216 g/mol. The van der Waals surface area contributed by atoms with Crippen molar-refractivity contribution in [1.82, 2.24) is 0 Å². The average molecular weight is 216 g/mol. The number of carbonyl (C=O) groups excluding carboxylic acids is 1. The molecule has 0 aliphatic rings. The lowest BCUT2D eigenvalue weighted by Gasteiger charge is -2.19. The molecule has 0 rings (SSSR count). The Labute approximate surface area is 92.8 Å². The van der Waals surface area contributed by atoms with Crippen molar-refractivity contribution in [3.63, 3.8) is 0 Å². The molecular weight excluding hydrogens is 192 g/mol. The lowest BCUT2D eigenvalue weighted by atomic mass is 9.90. The zero-order valence-electron chi connectivity index (χ0n) is 10.3. The molecule has 0 spiro atoms. The quantitative estimate of drug-likeness (QED) is 0.664. The van der Waals surface area contributed by atoms with Gasteiger partial charge in [0.25, 0.3) is 0 Å². The zero-order chi connectivity index (χ0) is 11.8. The molecule has 3 nitrogen and oxygen atoms in total. The van der Waals surface area contributed by atoms with Gasteiger partial charge in [0, 0.05) is 13.5 Å². The summed E-state index contributed by atoms with van der Waals surface area (Å²) in [6.07, 6.45) is 2.07. The second-order valence-corrected chi connectivity index (χ2v) is 4.77. The van der Waals surface area contributed by atoms with Crippen LogP contribution < -0.4 is 0 Å². The maximum Gasteiger partial charge on any atom is 0.302 e. The summed E-state index contributed by atoms with van der Waals surface area (Å²) in [5.74, 6) is 1.12. The number of ether oxygens (including phenoxy) is 1. The first kappa shape index (κ1) is 14.4. The lowest BCUT2D eigenvalue weighted by molar-refractivity contribution is -0.142. The van der Waals surface area contributed by atoms with Gasteiger partial charge in [-0.25, -0.2) is 0 Å². The number of rotatable bonds is 7. The first-order valence-corrected chi connectivity index (χ1v) is 5.69. The molecule has 0 aliphatic heterocycles. The molecule has 0 saturated heterocycles. The van der Waals surface area contributed by atoms with E-state index < -0.39 is 0 Å². The van der Waals surface area contributed by atoms with E-state index in [-0.39, 0.29) is 12.6 Å². The minimum absolute atomic E-state index is 0.210. The molecule has 0 fully saturated rings. The van der Waals surface area contributed by atoms with Crippen LogP contribution in [-0.2, 0) is 9.53 Å². The van der Waals surface area contributed by atoms with E-state index in [1.165, 1.54) is 6.92 Å². The van der Waals surface area contributed by atoms with Crippen LogP contribution in [0.1, 0.15) is 40.5 Å². The average Bonchev–Trinajstić information content (AvgIpc) is 2.14. The van der Waals surface area contributed by atoms with Crippen LogP contribution >= 0.6 is 0 Å². The lowest BCUT2D eigenvalue weighted by Crippen LogP contribution is -2.14. The summed E-state index contributed by atoms with van der Waals surface area (Å²) in [5, 5.41) is 8.92. The van der Waals surface area contributed by atoms with Gasteiger partial charge in [0.1, 0.15) is 0 Å². The minimum atomic E-state index is -0.210. The maximum atomic E-state index is 10.6. The summed E-state index contributed by atoms with van der Waals surface area (Å²) in [5.41, 5.74) is 0. The van der Waals surface area contributed by atoms with Gasteiger partial charge < -0.3 is 9.84 Å². The van der Waals surface area contributed by atoms with Crippen LogP contribution in [0.4, 0.5) is 0 Å². The summed E-state index contributed by atoms with van der Waals surface area (Å²) in [7, 11) is 0. The van der Waals surface area contributed by atoms with E-state index in [0.29, 0.717) is 24.4 Å². The van der Waals surface area contributed by atoms with Crippen LogP contribution in [0, 0.1) is 17.8 Å². The SMILES string of the molecule is CC(=O)OC[C@@H](C)C[C@H](C)C[C@H](C)CO. The summed E-state index contributed by atoms with van der Waals surface area (Å²) in [6, 6.07) is 0. The Morgan fingerprint density at radius 1 is 1.13 bits per heavy atom. The van der Waals surface area contributed by atoms with Gasteiger partial charge in [-0.1, -0.05) is 20.8 Å². The van der Waals surface area contributed by atoms with Gasteiger partial charge in [0.15, 0.2) is 0 Å². The van der Waals surface area contributed by atoms with E-state index in [1.54, 1.807) is 0 Å². The molecule has 0 aromatic heterocycles. The zero-order valence-corrected chi connectivity index (χ0v) is 10.3. The molecule has 0 aromatic rings. The molecule has 0 aromatic carbocycles. The largest absolute Gasteiger partial charge is 0.466 e. The second kappa shape index (κ2) is 7.69. The van der Waals surface area contributed by atoms with E-state index in [0.717, 1.165) is 12.8 Å². The van der Waals surface area contributed by atoms with Gasteiger partial charge in [-0.15, -0.1) is 0 Å². The third kappa shape index (κ3) is 8.43. The molecule has 0 unspecified atom stereocenters. The van der Waals surface area contributed by atoms with Crippen molar-refractivity contribution >= 4 is 5.97 Å². The molecule has 0 aliphatic carbocycles. The van der Waals surface area contributed by atoms with E-state index in [2.05, 4.69) is 13.8 Å². The highest BCUT2D eigenvalue weighted by Gasteiger charge is 2.12. The normalized spacial score (nSPS) is 16.9. The van der Waals surface area contributed by atoms with Gasteiger partial charge in [-0.3, -0.25) is 4.79 Å². The highest BCUT2D eigenvalue weighted by atomic mass is 16.5. The Balaban J connectivity index is 3.65. The Morgan fingerprint density at radius 2 is 1.67 bits per heavy atom. The smallest absolute Gasteiger partial charge is 0.302 e. The van der Waals surface area contributed by atoms with Crippen LogP contribution in [0.5, 0.6) is 0 Å². The first-order valence-electron chi connectivity index (χ1n) is 5.69. The molecule has 0 saturated carbocycles. The van der Waals surface area contributed by atoms with Crippen molar-refractivity contribution in [1.29, 1.82) is 0 Å². The predicted molar refractivity (Wildman–Crippen MR) is 60.4 cm³/mol. The molecule has 0 bridgehead atoms. The van der Waals surface area contributed by atoms with Gasteiger partial charge in [-0.2, -0.15) is 0 Å². The highest BCUT2D eigenvalue weighted by Crippen LogP contribution is 2.19. The van der Waals surface area contributed by atoms with Crippen LogP contribution in [0.3, 0.4) is 0 Å². The minimum Gasteiger partial charge on any atom is -0.466 e. The maximum absolute atomic E-state index is 10.6. The van der Waals surface area contributed by atoms with Gasteiger partial charge >= 0.3 is 5.97 Å². The second-order valence-electron chi connectivity index (χ2n) is 4.77. The summed E-state index contributed by atoms with van der Waals surface area (Å²) in [4.78, 5) is 10.6. The van der Waals surface area contributed by atoms with Gasteiger partial charge in [0.2, 0.25) is 0 Å². The Hall–Kier alpha value is -0.570. The third-order valence-electron chi connectivity index (χ3n) is 2.49. The van der Waals surface area contributed by atoms with Crippen LogP contribution in [0.15, 0.2) is 0 Å². The number of carbonyl (C=O) groups is 1. The number of esters is 1. The Morgan fingerprint density at radius 3 is 2.13 bits per heavy atom. The van der Waals surface area contributed by atoms with Crippen LogP contribution in [0.2, 0.25) is 0 Å². The number of hydrogen-bond acceptors (Lipinski definition) is 3. The third-order valence-corrected chi connectivity index (χ3v) is 2.49. The van der Waals surface area contributed by atoms with Crippen molar-refractivity contribution in [2.24, 2.45) is 17.8 Å². The fourth-order valence-corrected chi connectivity index (χ4v) is 1.87. The molecule has 0 radical (unpaired) electrons. The van der Waals surface area contributed by atoms with E-state index in [4.69, 9.17) is 9.84 Å².